The van der Waals surface area contributed by atoms with Crippen molar-refractivity contribution >= 4 is 43.5 Å². The Bertz CT molecular complexity index is 702. The van der Waals surface area contributed by atoms with E-state index in [0.717, 1.165) is 0 Å². The lowest BCUT2D eigenvalue weighted by Crippen LogP contribution is -2.03. The molecule has 0 radical (unpaired) electrons. The molecule has 0 fully saturated rings. The molecule has 9 nitrogen and oxygen atoms in total. The van der Waals surface area contributed by atoms with Crippen LogP contribution in [0.3, 0.4) is 0 Å². The predicted molar refractivity (Wildman–Crippen MR) is 74.3 cm³/mol. The van der Waals surface area contributed by atoms with Crippen molar-refractivity contribution < 1.29 is 9.85 Å². The molecule has 0 N–H and O–H groups in total. The molecule has 0 bridgehead atoms. The van der Waals surface area contributed by atoms with Gasteiger partial charge in [-0.05, 0) is 37.5 Å². The van der Waals surface area contributed by atoms with Gasteiger partial charge in [0.2, 0.25) is 0 Å². The topological polar surface area (TPSA) is 117 Å². The number of hydrogen-bond acceptors (Lipinski definition) is 6. The summed E-state index contributed by atoms with van der Waals surface area (Å²) in [6, 6.07) is 4.55. The van der Waals surface area contributed by atoms with Crippen LogP contribution in [0.1, 0.15) is 5.56 Å². The Morgan fingerprint density at radius 3 is 2.45 bits per heavy atom. The molecule has 0 amide bonds. The molecule has 1 aromatic carbocycles. The molecule has 20 heavy (non-hydrogen) atoms. The SMILES string of the molecule is O=[N+]([O-])c1nc(Br)n(Cc2ccc(Br)c([N+](=O)[O-])c2)n1. The molecule has 0 aliphatic heterocycles. The Kier molecular flexibility index (Phi) is 4.09. The van der Waals surface area contributed by atoms with E-state index in [4.69, 9.17) is 0 Å². The van der Waals surface area contributed by atoms with E-state index >= 15 is 0 Å². The summed E-state index contributed by atoms with van der Waals surface area (Å²) in [5.41, 5.74) is 0.480. The zero-order valence-electron chi connectivity index (χ0n) is 9.56. The van der Waals surface area contributed by atoms with E-state index in [0.29, 0.717) is 10.0 Å². The normalized spacial score (nSPS) is 10.5. The fourth-order valence-electron chi connectivity index (χ4n) is 1.46. The van der Waals surface area contributed by atoms with Crippen LogP contribution in [0.5, 0.6) is 0 Å². The van der Waals surface area contributed by atoms with Gasteiger partial charge in [-0.15, -0.1) is 0 Å². The summed E-state index contributed by atoms with van der Waals surface area (Å²) >= 11 is 6.13. The van der Waals surface area contributed by atoms with Crippen LogP contribution in [0.4, 0.5) is 11.6 Å². The zero-order chi connectivity index (χ0) is 14.9. The van der Waals surface area contributed by atoms with E-state index in [1.54, 1.807) is 6.07 Å². The first kappa shape index (κ1) is 14.5. The molecule has 0 spiro atoms. The zero-order valence-corrected chi connectivity index (χ0v) is 12.7. The third-order valence-electron chi connectivity index (χ3n) is 2.32. The number of hydrogen-bond donors (Lipinski definition) is 0. The number of aromatic nitrogens is 3. The largest absolute Gasteiger partial charge is 0.492 e. The Hall–Kier alpha value is -1.88. The average molecular weight is 407 g/mol. The first-order valence-corrected chi connectivity index (χ1v) is 6.64. The lowest BCUT2D eigenvalue weighted by Gasteiger charge is -2.01. The molecule has 0 unspecified atom stereocenters. The summed E-state index contributed by atoms with van der Waals surface area (Å²) in [5.74, 6) is -0.538. The second-order valence-electron chi connectivity index (χ2n) is 3.64. The molecule has 0 atom stereocenters. The van der Waals surface area contributed by atoms with Crippen LogP contribution >= 0.6 is 31.9 Å². The van der Waals surface area contributed by atoms with Gasteiger partial charge in [-0.1, -0.05) is 6.07 Å². The summed E-state index contributed by atoms with van der Waals surface area (Å²) in [4.78, 5) is 23.8. The fraction of sp³-hybridized carbons (Fsp3) is 0.111. The Morgan fingerprint density at radius 1 is 1.20 bits per heavy atom. The van der Waals surface area contributed by atoms with Gasteiger partial charge >= 0.3 is 5.95 Å². The van der Waals surface area contributed by atoms with Crippen molar-refractivity contribution in [2.24, 2.45) is 0 Å². The molecule has 0 saturated carbocycles. The number of halogens is 2. The van der Waals surface area contributed by atoms with Gasteiger partial charge in [-0.25, -0.2) is 0 Å². The molecule has 104 valence electrons. The molecule has 0 saturated heterocycles. The van der Waals surface area contributed by atoms with Crippen LogP contribution in [0.2, 0.25) is 0 Å². The van der Waals surface area contributed by atoms with Gasteiger partial charge in [0.05, 0.1) is 15.9 Å². The minimum atomic E-state index is -0.717. The van der Waals surface area contributed by atoms with Crippen LogP contribution in [0.15, 0.2) is 27.4 Å². The van der Waals surface area contributed by atoms with E-state index in [1.165, 1.54) is 16.8 Å². The van der Waals surface area contributed by atoms with Gasteiger partial charge in [0.1, 0.15) is 0 Å². The number of nitro benzene ring substituents is 1. The summed E-state index contributed by atoms with van der Waals surface area (Å²) in [6.45, 7) is 0.121. The van der Waals surface area contributed by atoms with Crippen LogP contribution in [0, 0.1) is 20.2 Å². The molecule has 0 aliphatic rings. The lowest BCUT2D eigenvalue weighted by atomic mass is 10.2. The van der Waals surface area contributed by atoms with Gasteiger partial charge < -0.3 is 10.1 Å². The maximum atomic E-state index is 10.8. The monoisotopic (exact) mass is 405 g/mol. The van der Waals surface area contributed by atoms with Crippen molar-refractivity contribution in [2.45, 2.75) is 6.54 Å². The quantitative estimate of drug-likeness (QED) is 0.569. The van der Waals surface area contributed by atoms with Gasteiger partial charge in [-0.2, -0.15) is 4.68 Å². The van der Waals surface area contributed by atoms with Gasteiger partial charge in [0, 0.05) is 27.1 Å². The molecule has 2 rings (SSSR count). The average Bonchev–Trinajstić information content (AvgIpc) is 2.73. The Labute approximate surface area is 128 Å². The first-order valence-electron chi connectivity index (χ1n) is 5.06. The number of benzene rings is 1. The number of rotatable bonds is 4. The van der Waals surface area contributed by atoms with Crippen LogP contribution in [-0.4, -0.2) is 24.6 Å². The molecule has 11 heteroatoms. The fourth-order valence-corrected chi connectivity index (χ4v) is 2.21. The predicted octanol–water partition coefficient (Wildman–Crippen LogP) is 2.67. The van der Waals surface area contributed by atoms with E-state index < -0.39 is 15.8 Å². The van der Waals surface area contributed by atoms with Crippen LogP contribution < -0.4 is 0 Å². The van der Waals surface area contributed by atoms with E-state index in [-0.39, 0.29) is 17.0 Å². The summed E-state index contributed by atoms with van der Waals surface area (Å²) in [7, 11) is 0. The molecule has 2 aromatic rings. The van der Waals surface area contributed by atoms with Crippen molar-refractivity contribution in [3.8, 4) is 0 Å². The third-order valence-corrected chi connectivity index (χ3v) is 3.58. The molecule has 1 aromatic heterocycles. The lowest BCUT2D eigenvalue weighted by molar-refractivity contribution is -0.394. The third kappa shape index (κ3) is 2.99. The van der Waals surface area contributed by atoms with Crippen molar-refractivity contribution in [2.75, 3.05) is 0 Å². The van der Waals surface area contributed by atoms with Gasteiger partial charge in [0.25, 0.3) is 10.4 Å². The summed E-state index contributed by atoms with van der Waals surface area (Å²) in [6.07, 6.45) is 0. The maximum absolute atomic E-state index is 10.8. The number of nitrogens with zero attached hydrogens (tertiary/aromatic N) is 5. The van der Waals surface area contributed by atoms with Crippen molar-refractivity contribution in [3.63, 3.8) is 0 Å². The minimum Gasteiger partial charge on any atom is -0.390 e. The van der Waals surface area contributed by atoms with Gasteiger partial charge in [-0.3, -0.25) is 10.1 Å². The van der Waals surface area contributed by atoms with Crippen LogP contribution in [0.25, 0.3) is 0 Å². The number of nitro groups is 2. The minimum absolute atomic E-state index is 0.0896. The Morgan fingerprint density at radius 2 is 1.90 bits per heavy atom. The summed E-state index contributed by atoms with van der Waals surface area (Å²) in [5, 5.41) is 25.1. The first-order chi connectivity index (χ1) is 9.38. The smallest absolute Gasteiger partial charge is 0.390 e. The van der Waals surface area contributed by atoms with E-state index in [9.17, 15) is 20.2 Å². The van der Waals surface area contributed by atoms with Crippen LogP contribution in [-0.2, 0) is 6.54 Å². The molecular weight excluding hydrogens is 402 g/mol. The highest BCUT2D eigenvalue weighted by Gasteiger charge is 2.20. The summed E-state index contributed by atoms with van der Waals surface area (Å²) < 4.78 is 1.77. The van der Waals surface area contributed by atoms with Crippen molar-refractivity contribution in [1.29, 1.82) is 0 Å². The second kappa shape index (κ2) is 5.63. The highest BCUT2D eigenvalue weighted by atomic mass is 79.9. The standard InChI is InChI=1S/C9H5Br2N5O4/c10-6-2-1-5(3-7(6)15(17)18)4-14-8(11)12-9(13-14)16(19)20/h1-3H,4H2. The molecular formula is C9H5Br2N5O4. The van der Waals surface area contributed by atoms with Gasteiger partial charge in [0.15, 0.2) is 0 Å². The van der Waals surface area contributed by atoms with Crippen molar-refractivity contribution in [3.05, 3.63) is 53.2 Å². The van der Waals surface area contributed by atoms with Crippen molar-refractivity contribution in [1.82, 2.24) is 14.8 Å². The highest BCUT2D eigenvalue weighted by molar-refractivity contribution is 9.10. The maximum Gasteiger partial charge on any atom is 0.492 e. The molecule has 0 aliphatic carbocycles. The molecule has 1 heterocycles. The highest BCUT2D eigenvalue weighted by Crippen LogP contribution is 2.26. The van der Waals surface area contributed by atoms with E-state index in [2.05, 4.69) is 41.9 Å². The Balaban J connectivity index is 2.33. The second-order valence-corrected chi connectivity index (χ2v) is 5.20. The van der Waals surface area contributed by atoms with E-state index in [1.807, 2.05) is 0 Å².